The van der Waals surface area contributed by atoms with Crippen LogP contribution in [0.5, 0.6) is 5.75 Å². The molecule has 0 radical (unpaired) electrons. The summed E-state index contributed by atoms with van der Waals surface area (Å²) in [6, 6.07) is 37.7. The van der Waals surface area contributed by atoms with E-state index in [-0.39, 0.29) is 6.17 Å². The van der Waals surface area contributed by atoms with E-state index in [2.05, 4.69) is 15.3 Å². The summed E-state index contributed by atoms with van der Waals surface area (Å²) < 4.78 is 24.5. The first kappa shape index (κ1) is 35.1. The van der Waals surface area contributed by atoms with Gasteiger partial charge in [0.2, 0.25) is 5.96 Å². The molecule has 3 N–H and O–H groups in total. The molecule has 1 unspecified atom stereocenters. The van der Waals surface area contributed by atoms with Gasteiger partial charge < -0.3 is 10.6 Å². The standard InChI is InChI=1S/C40H51FN5OP/c1-46(2)40-44-38(43-39(42)45-40)33-27-29-34(30-28-33)47-31-19-8-6-4-3-5-7-9-20-32-48(41,35-21-13-10-14-22-35,36-23-15-11-16-24-36)37-25-17-12-18-26-37/h10-18,21-30,38H,3-9,19-20,31-32H2,1-2H3,(H3,42,43,44,45). The van der Waals surface area contributed by atoms with E-state index >= 15 is 4.20 Å². The van der Waals surface area contributed by atoms with Crippen LogP contribution in [0.1, 0.15) is 69.5 Å². The molecule has 1 aliphatic rings. The Hall–Kier alpha value is -4.22. The molecule has 4 aromatic rings. The van der Waals surface area contributed by atoms with Crippen LogP contribution in [0.3, 0.4) is 0 Å². The van der Waals surface area contributed by atoms with Gasteiger partial charge in [0.05, 0.1) is 0 Å². The number of guanidine groups is 2. The SMILES string of the molecule is CN(C)C1=NC(c2ccc(OCCCCCCCCCCCP(F)(c3ccccc3)(c3ccccc3)c3ccccc3)cc2)N=C(N)N1. The third-order valence-corrected chi connectivity index (χ3v) is 14.5. The topological polar surface area (TPSA) is 75.2 Å². The first-order chi connectivity index (χ1) is 23.4. The number of aliphatic imine (C=N–C) groups is 2. The summed E-state index contributed by atoms with van der Waals surface area (Å²) in [7, 11) is 3.83. The van der Waals surface area contributed by atoms with Crippen molar-refractivity contribution in [1.29, 1.82) is 0 Å². The number of rotatable bonds is 17. The fourth-order valence-electron chi connectivity index (χ4n) is 6.56. The van der Waals surface area contributed by atoms with Crippen molar-refractivity contribution in [2.24, 2.45) is 15.7 Å². The van der Waals surface area contributed by atoms with Gasteiger partial charge in [-0.2, -0.15) is 0 Å². The van der Waals surface area contributed by atoms with Crippen LogP contribution in [0.2, 0.25) is 0 Å². The number of hydrogen-bond acceptors (Lipinski definition) is 6. The van der Waals surface area contributed by atoms with E-state index in [0.717, 1.165) is 59.3 Å². The third-order valence-electron chi connectivity index (χ3n) is 9.22. The number of ether oxygens (including phenoxy) is 1. The largest absolute Gasteiger partial charge is 0.370 e. The number of nitrogens with one attached hydrogen (secondary N) is 1. The van der Waals surface area contributed by atoms with Gasteiger partial charge in [0.15, 0.2) is 12.1 Å². The quantitative estimate of drug-likeness (QED) is 0.0890. The Bertz CT molecular complexity index is 1510. The Morgan fingerprint density at radius 3 is 1.58 bits per heavy atom. The first-order valence-electron chi connectivity index (χ1n) is 17.4. The zero-order valence-corrected chi connectivity index (χ0v) is 29.4. The van der Waals surface area contributed by atoms with Crippen LogP contribution in [0.15, 0.2) is 125 Å². The average molecular weight is 668 g/mol. The minimum atomic E-state index is -4.11. The summed E-state index contributed by atoms with van der Waals surface area (Å²) in [5, 5.41) is 5.46. The van der Waals surface area contributed by atoms with Crippen LogP contribution in [0, 0.1) is 0 Å². The Morgan fingerprint density at radius 1 is 0.646 bits per heavy atom. The second kappa shape index (κ2) is 16.7. The van der Waals surface area contributed by atoms with Gasteiger partial charge >= 0.3 is 193 Å². The number of benzene rings is 4. The van der Waals surface area contributed by atoms with E-state index in [9.17, 15) is 0 Å². The Morgan fingerprint density at radius 2 is 1.10 bits per heavy atom. The van der Waals surface area contributed by atoms with Gasteiger partial charge in [-0.1, -0.05) is 12.1 Å². The Labute approximate surface area is 286 Å². The van der Waals surface area contributed by atoms with Crippen LogP contribution < -0.4 is 31.7 Å². The summed E-state index contributed by atoms with van der Waals surface area (Å²) >= 11 is 0. The molecule has 0 spiro atoms. The Kier molecular flexibility index (Phi) is 12.2. The molecule has 1 atom stereocenters. The number of halogens is 1. The van der Waals surface area contributed by atoms with Gasteiger partial charge in [0, 0.05) is 14.1 Å². The molecule has 48 heavy (non-hydrogen) atoms. The molecule has 1 heterocycles. The maximum atomic E-state index is 18.5. The van der Waals surface area contributed by atoms with Crippen molar-refractivity contribution in [2.75, 3.05) is 26.9 Å². The zero-order valence-electron chi connectivity index (χ0n) is 28.5. The van der Waals surface area contributed by atoms with Crippen molar-refractivity contribution in [3.8, 4) is 5.75 Å². The molecule has 1 aliphatic heterocycles. The van der Waals surface area contributed by atoms with E-state index in [0.29, 0.717) is 24.7 Å². The van der Waals surface area contributed by atoms with E-state index in [4.69, 9.17) is 10.5 Å². The van der Waals surface area contributed by atoms with Gasteiger partial charge in [0.1, 0.15) is 5.75 Å². The summed E-state index contributed by atoms with van der Waals surface area (Å²) in [4.78, 5) is 10.9. The second-order valence-electron chi connectivity index (χ2n) is 12.9. The van der Waals surface area contributed by atoms with Crippen molar-refractivity contribution in [3.63, 3.8) is 0 Å². The predicted molar refractivity (Wildman–Crippen MR) is 203 cm³/mol. The predicted octanol–water partition coefficient (Wildman–Crippen LogP) is 7.82. The molecule has 0 saturated heterocycles. The smallest absolute Gasteiger partial charge is 0.197 e. The van der Waals surface area contributed by atoms with E-state index < -0.39 is 6.91 Å². The van der Waals surface area contributed by atoms with Crippen molar-refractivity contribution >= 4 is 34.7 Å². The fraction of sp³-hybridized carbons (Fsp3) is 0.350. The van der Waals surface area contributed by atoms with Crippen LogP contribution in [0.25, 0.3) is 0 Å². The van der Waals surface area contributed by atoms with Gasteiger partial charge in [-0.05, 0) is 17.7 Å². The minimum Gasteiger partial charge on any atom is -0.370 e. The summed E-state index contributed by atoms with van der Waals surface area (Å²) in [5.74, 6) is 1.91. The maximum absolute atomic E-state index is 18.5. The van der Waals surface area contributed by atoms with Crippen LogP contribution in [-0.4, -0.2) is 43.7 Å². The molecule has 5 rings (SSSR count). The molecule has 6 nitrogen and oxygen atoms in total. The number of unbranched alkanes of at least 4 members (excludes halogenated alkanes) is 8. The Balaban J connectivity index is 1.02. The van der Waals surface area contributed by atoms with Crippen molar-refractivity contribution in [1.82, 2.24) is 10.2 Å². The van der Waals surface area contributed by atoms with Gasteiger partial charge in [-0.3, -0.25) is 5.32 Å². The summed E-state index contributed by atoms with van der Waals surface area (Å²) in [6.07, 6.45) is 10.3. The number of hydrogen-bond donors (Lipinski definition) is 2. The molecule has 4 aromatic carbocycles. The molecule has 0 saturated carbocycles. The van der Waals surface area contributed by atoms with Gasteiger partial charge in [-0.25, -0.2) is 9.98 Å². The van der Waals surface area contributed by atoms with Crippen LogP contribution in [-0.2, 0) is 0 Å². The molecule has 0 aromatic heterocycles. The summed E-state index contributed by atoms with van der Waals surface area (Å²) in [5.41, 5.74) is 6.91. The molecule has 8 heteroatoms. The van der Waals surface area contributed by atoms with Crippen molar-refractivity contribution in [2.45, 2.75) is 64.0 Å². The molecular formula is C40H51FN5OP. The van der Waals surface area contributed by atoms with Crippen LogP contribution in [0.4, 0.5) is 4.20 Å². The maximum Gasteiger partial charge on any atom is 0.197 e. The molecule has 0 bridgehead atoms. The molecule has 254 valence electrons. The van der Waals surface area contributed by atoms with E-state index in [1.807, 2.05) is 134 Å². The first-order valence-corrected chi connectivity index (χ1v) is 19.7. The van der Waals surface area contributed by atoms with E-state index in [1.165, 1.54) is 25.7 Å². The summed E-state index contributed by atoms with van der Waals surface area (Å²) in [6.45, 7) is -3.40. The molecule has 0 fully saturated rings. The third kappa shape index (κ3) is 8.43. The molecule has 0 aliphatic carbocycles. The van der Waals surface area contributed by atoms with Crippen molar-refractivity contribution < 1.29 is 8.93 Å². The average Bonchev–Trinajstić information content (AvgIpc) is 3.13. The normalized spacial score (nSPS) is 15.4. The van der Waals surface area contributed by atoms with E-state index in [1.54, 1.807) is 0 Å². The number of nitrogens with two attached hydrogens (primary N) is 1. The van der Waals surface area contributed by atoms with Gasteiger partial charge in [0.25, 0.3) is 0 Å². The molecular weight excluding hydrogens is 616 g/mol. The number of nitrogens with zero attached hydrogens (tertiary/aromatic N) is 3. The van der Waals surface area contributed by atoms with Crippen molar-refractivity contribution in [3.05, 3.63) is 121 Å². The second-order valence-corrected chi connectivity index (χ2v) is 17.2. The van der Waals surface area contributed by atoms with Crippen LogP contribution >= 0.6 is 6.91 Å². The fourth-order valence-corrected chi connectivity index (χ4v) is 11.4. The van der Waals surface area contributed by atoms with Gasteiger partial charge in [-0.15, -0.1) is 0 Å². The monoisotopic (exact) mass is 667 g/mol. The zero-order chi connectivity index (χ0) is 33.7. The minimum absolute atomic E-state index is 0.355. The molecule has 0 amide bonds.